The molecule has 92 valence electrons. The van der Waals surface area contributed by atoms with E-state index in [-0.39, 0.29) is 11.4 Å². The van der Waals surface area contributed by atoms with Crippen LogP contribution in [0, 0.1) is 0 Å². The number of halogens is 3. The van der Waals surface area contributed by atoms with Crippen LogP contribution in [-0.2, 0) is 6.18 Å². The molecule has 2 aromatic heterocycles. The van der Waals surface area contributed by atoms with Crippen molar-refractivity contribution >= 4 is 5.78 Å². The molecule has 0 saturated carbocycles. The molecule has 0 spiro atoms. The first kappa shape index (κ1) is 12.2. The van der Waals surface area contributed by atoms with Gasteiger partial charge in [0.2, 0.25) is 5.78 Å². The predicted octanol–water partition coefficient (Wildman–Crippen LogP) is 2.12. The van der Waals surface area contributed by atoms with Crippen LogP contribution in [0.1, 0.15) is 21.7 Å². The summed E-state index contributed by atoms with van der Waals surface area (Å²) in [5, 5.41) is 0. The molecule has 2 aromatic rings. The summed E-state index contributed by atoms with van der Waals surface area (Å²) in [6.45, 7) is 0. The highest BCUT2D eigenvalue weighted by Gasteiger charge is 2.31. The summed E-state index contributed by atoms with van der Waals surface area (Å²) in [7, 11) is 0. The van der Waals surface area contributed by atoms with E-state index in [1.165, 1.54) is 18.6 Å². The summed E-state index contributed by atoms with van der Waals surface area (Å²) in [6.07, 6.45) is 0.0701. The topological polar surface area (TPSA) is 55.7 Å². The van der Waals surface area contributed by atoms with Crippen molar-refractivity contribution in [2.75, 3.05) is 0 Å². The lowest BCUT2D eigenvalue weighted by Crippen LogP contribution is -2.10. The average Bonchev–Trinajstić information content (AvgIpc) is 2.38. The minimum atomic E-state index is -4.47. The van der Waals surface area contributed by atoms with Gasteiger partial charge in [0.25, 0.3) is 0 Å². The number of hydrogen-bond donors (Lipinski definition) is 0. The quantitative estimate of drug-likeness (QED) is 0.769. The fraction of sp³-hybridized carbons (Fsp3) is 0.0909. The SMILES string of the molecule is O=C(c1ccc(C(F)(F)F)cn1)c1cnccn1. The number of carbonyl (C=O) groups excluding carboxylic acids is 1. The predicted molar refractivity (Wildman–Crippen MR) is 54.7 cm³/mol. The van der Waals surface area contributed by atoms with Crippen molar-refractivity contribution in [2.45, 2.75) is 6.18 Å². The zero-order valence-corrected chi connectivity index (χ0v) is 8.85. The molecule has 0 radical (unpaired) electrons. The first-order valence-corrected chi connectivity index (χ1v) is 4.82. The summed E-state index contributed by atoms with van der Waals surface area (Å²) in [5.41, 5.74) is -0.980. The first-order chi connectivity index (χ1) is 8.48. The Balaban J connectivity index is 2.28. The summed E-state index contributed by atoms with van der Waals surface area (Å²) in [5.74, 6) is -0.572. The second kappa shape index (κ2) is 4.52. The minimum absolute atomic E-state index is 0.0322. The van der Waals surface area contributed by atoms with Crippen molar-refractivity contribution in [1.29, 1.82) is 0 Å². The van der Waals surface area contributed by atoms with Crippen LogP contribution in [0.25, 0.3) is 0 Å². The molecule has 0 atom stereocenters. The van der Waals surface area contributed by atoms with Crippen LogP contribution in [-0.4, -0.2) is 20.7 Å². The van der Waals surface area contributed by atoms with Crippen molar-refractivity contribution in [3.05, 3.63) is 53.9 Å². The van der Waals surface area contributed by atoms with Gasteiger partial charge in [-0.3, -0.25) is 14.8 Å². The molecule has 4 nitrogen and oxygen atoms in total. The molecule has 18 heavy (non-hydrogen) atoms. The highest BCUT2D eigenvalue weighted by molar-refractivity contribution is 6.06. The Morgan fingerprint density at radius 2 is 1.78 bits per heavy atom. The molecule has 0 aliphatic heterocycles. The number of carbonyl (C=O) groups is 1. The number of alkyl halides is 3. The van der Waals surface area contributed by atoms with Crippen LogP contribution in [0.2, 0.25) is 0 Å². The highest BCUT2D eigenvalue weighted by atomic mass is 19.4. The molecule has 0 N–H and O–H groups in total. The van der Waals surface area contributed by atoms with Gasteiger partial charge in [-0.05, 0) is 12.1 Å². The number of aromatic nitrogens is 3. The molecule has 0 aliphatic rings. The molecule has 0 aliphatic carbocycles. The lowest BCUT2D eigenvalue weighted by atomic mass is 10.1. The Kier molecular flexibility index (Phi) is 3.05. The molecular formula is C11H6F3N3O. The molecule has 0 unspecified atom stereocenters. The van der Waals surface area contributed by atoms with Crippen LogP contribution in [0.4, 0.5) is 13.2 Å². The number of ketones is 1. The van der Waals surface area contributed by atoms with Crippen molar-refractivity contribution in [3.63, 3.8) is 0 Å². The molecule has 0 aromatic carbocycles. The summed E-state index contributed by atoms with van der Waals surface area (Å²) in [6, 6.07) is 1.82. The standard InChI is InChI=1S/C11H6F3N3O/c12-11(13,14)7-1-2-8(17-5-7)10(18)9-6-15-3-4-16-9/h1-6H. The largest absolute Gasteiger partial charge is 0.417 e. The van der Waals surface area contributed by atoms with Crippen LogP contribution >= 0.6 is 0 Å². The lowest BCUT2D eigenvalue weighted by Gasteiger charge is -2.06. The molecule has 0 bridgehead atoms. The van der Waals surface area contributed by atoms with Gasteiger partial charge >= 0.3 is 6.18 Å². The number of nitrogens with zero attached hydrogens (tertiary/aromatic N) is 3. The van der Waals surface area contributed by atoms with E-state index < -0.39 is 17.5 Å². The van der Waals surface area contributed by atoms with Gasteiger partial charge in [0.05, 0.1) is 11.8 Å². The van der Waals surface area contributed by atoms with Crippen LogP contribution in [0.5, 0.6) is 0 Å². The van der Waals surface area contributed by atoms with Gasteiger partial charge in [0, 0.05) is 18.6 Å². The Hall–Kier alpha value is -2.31. The highest BCUT2D eigenvalue weighted by Crippen LogP contribution is 2.28. The maximum Gasteiger partial charge on any atom is 0.417 e. The van der Waals surface area contributed by atoms with E-state index in [9.17, 15) is 18.0 Å². The van der Waals surface area contributed by atoms with E-state index in [0.717, 1.165) is 12.1 Å². The maximum absolute atomic E-state index is 12.3. The van der Waals surface area contributed by atoms with Crippen LogP contribution < -0.4 is 0 Å². The van der Waals surface area contributed by atoms with Crippen molar-refractivity contribution in [2.24, 2.45) is 0 Å². The van der Waals surface area contributed by atoms with E-state index in [0.29, 0.717) is 6.20 Å². The van der Waals surface area contributed by atoms with E-state index in [4.69, 9.17) is 0 Å². The molecule has 0 amide bonds. The maximum atomic E-state index is 12.3. The van der Waals surface area contributed by atoms with Gasteiger partial charge < -0.3 is 0 Å². The van der Waals surface area contributed by atoms with Gasteiger partial charge in [-0.25, -0.2) is 4.98 Å². The van der Waals surface area contributed by atoms with Gasteiger partial charge in [0.15, 0.2) is 0 Å². The summed E-state index contributed by atoms with van der Waals surface area (Å²) in [4.78, 5) is 22.7. The molecule has 0 fully saturated rings. The Morgan fingerprint density at radius 3 is 2.28 bits per heavy atom. The monoisotopic (exact) mass is 253 g/mol. The fourth-order valence-corrected chi connectivity index (χ4v) is 1.24. The molecular weight excluding hydrogens is 247 g/mol. The van der Waals surface area contributed by atoms with E-state index in [1.54, 1.807) is 0 Å². The van der Waals surface area contributed by atoms with Crippen LogP contribution in [0.3, 0.4) is 0 Å². The Bertz CT molecular complexity index is 552. The first-order valence-electron chi connectivity index (χ1n) is 4.82. The number of hydrogen-bond acceptors (Lipinski definition) is 4. The normalized spacial score (nSPS) is 11.3. The number of pyridine rings is 1. The third kappa shape index (κ3) is 2.50. The van der Waals surface area contributed by atoms with Gasteiger partial charge in [-0.2, -0.15) is 13.2 Å². The second-order valence-corrected chi connectivity index (χ2v) is 3.35. The fourth-order valence-electron chi connectivity index (χ4n) is 1.24. The third-order valence-electron chi connectivity index (χ3n) is 2.12. The van der Waals surface area contributed by atoms with Crippen molar-refractivity contribution in [3.8, 4) is 0 Å². The Labute approximate surface area is 99.5 Å². The zero-order chi connectivity index (χ0) is 13.2. The van der Waals surface area contributed by atoms with Crippen molar-refractivity contribution in [1.82, 2.24) is 15.0 Å². The zero-order valence-electron chi connectivity index (χ0n) is 8.85. The van der Waals surface area contributed by atoms with Gasteiger partial charge in [-0.15, -0.1) is 0 Å². The van der Waals surface area contributed by atoms with Gasteiger partial charge in [0.1, 0.15) is 11.4 Å². The van der Waals surface area contributed by atoms with Crippen molar-refractivity contribution < 1.29 is 18.0 Å². The smallest absolute Gasteiger partial charge is 0.285 e. The Morgan fingerprint density at radius 1 is 1.00 bits per heavy atom. The van der Waals surface area contributed by atoms with Gasteiger partial charge in [-0.1, -0.05) is 0 Å². The summed E-state index contributed by atoms with van der Waals surface area (Å²) < 4.78 is 36.9. The van der Waals surface area contributed by atoms with E-state index >= 15 is 0 Å². The van der Waals surface area contributed by atoms with E-state index in [1.807, 2.05) is 0 Å². The summed E-state index contributed by atoms with van der Waals surface area (Å²) >= 11 is 0. The second-order valence-electron chi connectivity index (χ2n) is 3.35. The molecule has 0 saturated heterocycles. The molecule has 2 heterocycles. The molecule has 7 heteroatoms. The third-order valence-corrected chi connectivity index (χ3v) is 2.12. The minimum Gasteiger partial charge on any atom is -0.285 e. The van der Waals surface area contributed by atoms with E-state index in [2.05, 4.69) is 15.0 Å². The number of rotatable bonds is 2. The lowest BCUT2D eigenvalue weighted by molar-refractivity contribution is -0.137. The van der Waals surface area contributed by atoms with Crippen LogP contribution in [0.15, 0.2) is 36.9 Å². The molecule has 2 rings (SSSR count). The average molecular weight is 253 g/mol.